The first-order valence-corrected chi connectivity index (χ1v) is 19.0. The van der Waals surface area contributed by atoms with E-state index < -0.39 is 0 Å². The van der Waals surface area contributed by atoms with Crippen molar-refractivity contribution in [3.63, 3.8) is 0 Å². The van der Waals surface area contributed by atoms with E-state index in [9.17, 15) is 0 Å². The lowest BCUT2D eigenvalue weighted by molar-refractivity contribution is 0.501. The number of aromatic nitrogens is 1. The van der Waals surface area contributed by atoms with Crippen LogP contribution in [0.5, 0.6) is 0 Å². The van der Waals surface area contributed by atoms with E-state index in [2.05, 4.69) is 168 Å². The molecule has 3 heteroatoms. The van der Waals surface area contributed by atoms with Gasteiger partial charge in [0, 0.05) is 33.4 Å². The Kier molecular flexibility index (Phi) is 6.90. The second-order valence-electron chi connectivity index (χ2n) is 18.0. The smallest absolute Gasteiger partial charge is 0.247 e. The van der Waals surface area contributed by atoms with E-state index in [0.29, 0.717) is 0 Å². The van der Waals surface area contributed by atoms with Gasteiger partial charge in [0.05, 0.1) is 12.1 Å². The van der Waals surface area contributed by atoms with Crippen molar-refractivity contribution in [1.82, 2.24) is 4.57 Å². The number of aryl methyl sites for hydroxylation is 1. The first-order valence-electron chi connectivity index (χ1n) is 19.0. The van der Waals surface area contributed by atoms with Crippen molar-refractivity contribution in [3.05, 3.63) is 142 Å². The second kappa shape index (κ2) is 10.9. The summed E-state index contributed by atoms with van der Waals surface area (Å²) in [7, 11) is 0. The number of rotatable bonds is 3. The normalized spacial score (nSPS) is 21.2. The predicted molar refractivity (Wildman–Crippen MR) is 215 cm³/mol. The molecular formula is C47H51BN2. The lowest BCUT2D eigenvalue weighted by atomic mass is 9.31. The van der Waals surface area contributed by atoms with Gasteiger partial charge in [0.2, 0.25) is 6.71 Å². The van der Waals surface area contributed by atoms with E-state index in [4.69, 9.17) is 0 Å². The minimum absolute atomic E-state index is 0.0479. The Hall–Kier alpha value is -4.24. The molecule has 1 aromatic heterocycles. The third-order valence-electron chi connectivity index (χ3n) is 12.6. The highest BCUT2D eigenvalue weighted by Crippen LogP contribution is 2.52. The first kappa shape index (κ1) is 31.7. The van der Waals surface area contributed by atoms with Crippen molar-refractivity contribution < 1.29 is 0 Å². The lowest BCUT2D eigenvalue weighted by Gasteiger charge is -2.50. The molecule has 9 rings (SSSR count). The molecule has 0 spiro atoms. The third-order valence-corrected chi connectivity index (χ3v) is 12.6. The van der Waals surface area contributed by atoms with Crippen molar-refractivity contribution in [2.45, 2.75) is 104 Å². The summed E-state index contributed by atoms with van der Waals surface area (Å²) >= 11 is 0. The molecule has 0 amide bonds. The zero-order valence-electron chi connectivity index (χ0n) is 31.3. The maximum absolute atomic E-state index is 2.79. The maximum Gasteiger partial charge on any atom is 0.247 e. The summed E-state index contributed by atoms with van der Waals surface area (Å²) in [4.78, 5) is 2.79. The van der Waals surface area contributed by atoms with Gasteiger partial charge in [0.25, 0.3) is 0 Å². The zero-order chi connectivity index (χ0) is 34.7. The van der Waals surface area contributed by atoms with Gasteiger partial charge in [-0.25, -0.2) is 0 Å². The Labute approximate surface area is 300 Å². The SMILES string of the molecule is CC(C)(C)C1=CC(N2C3=C4B(c5ccc(C(C)(C)C)cc52)c2cccc5c6c(n(c25)C4CC(C(C)(C)c2ccccc2)=C3)C=CCC6)CC=C1. The lowest BCUT2D eigenvalue weighted by Crippen LogP contribution is -2.58. The average molecular weight is 655 g/mol. The highest BCUT2D eigenvalue weighted by Gasteiger charge is 2.49. The molecule has 0 fully saturated rings. The van der Waals surface area contributed by atoms with Crippen LogP contribution in [0, 0.1) is 5.41 Å². The largest absolute Gasteiger partial charge is 0.335 e. The third kappa shape index (κ3) is 4.61. The maximum atomic E-state index is 2.79. The number of anilines is 1. The Morgan fingerprint density at radius 3 is 2.32 bits per heavy atom. The van der Waals surface area contributed by atoms with Gasteiger partial charge in [-0.05, 0) is 93.4 Å². The highest BCUT2D eigenvalue weighted by atomic mass is 15.2. The topological polar surface area (TPSA) is 8.17 Å². The fourth-order valence-corrected chi connectivity index (χ4v) is 9.75. The van der Waals surface area contributed by atoms with Crippen molar-refractivity contribution in [1.29, 1.82) is 0 Å². The highest BCUT2D eigenvalue weighted by molar-refractivity contribution is 6.94. The molecule has 0 bridgehead atoms. The molecule has 2 nitrogen and oxygen atoms in total. The van der Waals surface area contributed by atoms with Crippen LogP contribution in [-0.2, 0) is 17.3 Å². The van der Waals surface area contributed by atoms with Crippen LogP contribution in [0.25, 0.3) is 17.0 Å². The number of hydrogen-bond donors (Lipinski definition) is 0. The molecule has 4 aromatic rings. The Morgan fingerprint density at radius 1 is 0.760 bits per heavy atom. The molecule has 5 aliphatic rings. The molecule has 0 saturated carbocycles. The van der Waals surface area contributed by atoms with Crippen LogP contribution < -0.4 is 15.8 Å². The van der Waals surface area contributed by atoms with Crippen LogP contribution in [0.2, 0.25) is 0 Å². The Morgan fingerprint density at radius 2 is 1.56 bits per heavy atom. The molecule has 50 heavy (non-hydrogen) atoms. The van der Waals surface area contributed by atoms with Crippen molar-refractivity contribution in [3.8, 4) is 0 Å². The van der Waals surface area contributed by atoms with E-state index in [1.807, 2.05) is 0 Å². The summed E-state index contributed by atoms with van der Waals surface area (Å²) in [5.74, 6) is 0. The molecule has 0 saturated heterocycles. The number of nitrogens with zero attached hydrogens (tertiary/aromatic N) is 2. The average Bonchev–Trinajstić information content (AvgIpc) is 3.44. The number of para-hydroxylation sites is 1. The molecular weight excluding hydrogens is 603 g/mol. The van der Waals surface area contributed by atoms with Crippen molar-refractivity contribution in [2.75, 3.05) is 4.90 Å². The molecule has 252 valence electrons. The van der Waals surface area contributed by atoms with E-state index in [-0.39, 0.29) is 35.0 Å². The molecule has 3 heterocycles. The van der Waals surface area contributed by atoms with Crippen molar-refractivity contribution >= 4 is 40.3 Å². The summed E-state index contributed by atoms with van der Waals surface area (Å²) in [5, 5.41) is 1.46. The van der Waals surface area contributed by atoms with Crippen LogP contribution in [0.4, 0.5) is 5.69 Å². The first-order chi connectivity index (χ1) is 23.8. The van der Waals surface area contributed by atoms with Gasteiger partial charge >= 0.3 is 0 Å². The fourth-order valence-electron chi connectivity index (χ4n) is 9.75. The van der Waals surface area contributed by atoms with E-state index in [0.717, 1.165) is 25.7 Å². The van der Waals surface area contributed by atoms with Gasteiger partial charge in [-0.2, -0.15) is 0 Å². The van der Waals surface area contributed by atoms with Crippen LogP contribution in [0.1, 0.15) is 103 Å². The van der Waals surface area contributed by atoms with Crippen molar-refractivity contribution in [2.24, 2.45) is 5.41 Å². The minimum atomic E-state index is -0.119. The molecule has 2 unspecified atom stereocenters. The predicted octanol–water partition coefficient (Wildman–Crippen LogP) is 10.3. The second-order valence-corrected chi connectivity index (χ2v) is 18.0. The summed E-state index contributed by atoms with van der Waals surface area (Å²) in [6.07, 6.45) is 19.2. The summed E-state index contributed by atoms with van der Waals surface area (Å²) in [6.45, 7) is 19.3. The minimum Gasteiger partial charge on any atom is -0.335 e. The number of benzene rings is 3. The summed E-state index contributed by atoms with van der Waals surface area (Å²) < 4.78 is 2.79. The number of fused-ring (bicyclic) bond motifs is 7. The van der Waals surface area contributed by atoms with E-state index in [1.165, 1.54) is 61.2 Å². The molecule has 3 aliphatic carbocycles. The number of hydrogen-bond acceptors (Lipinski definition) is 1. The fraction of sp³-hybridized carbons (Fsp3) is 0.362. The molecule has 0 radical (unpaired) electrons. The standard InChI is InChI=1S/C47H51BN2/c1-45(2,3)31-18-14-19-34(26-31)49-40-27-32(46(4,5)6)24-25-37(40)48-38-22-15-21-36-35-20-12-13-23-39(35)50(44(36)38)42-29-33(28-41(49)43(42)48)47(7,8)30-16-10-9-11-17-30/h9-11,13-18,21-28,34,42H,12,19-20,29H2,1-8H3. The zero-order valence-corrected chi connectivity index (χ0v) is 31.3. The van der Waals surface area contributed by atoms with Crippen LogP contribution in [-0.4, -0.2) is 17.3 Å². The molecule has 0 N–H and O–H groups in total. The van der Waals surface area contributed by atoms with E-state index in [1.54, 1.807) is 11.0 Å². The van der Waals surface area contributed by atoms with Gasteiger partial charge in [0.15, 0.2) is 0 Å². The Balaban J connectivity index is 1.38. The van der Waals surface area contributed by atoms with Gasteiger partial charge in [0.1, 0.15) is 0 Å². The molecule has 2 aliphatic heterocycles. The summed E-state index contributed by atoms with van der Waals surface area (Å²) in [6, 6.07) is 26.4. The summed E-state index contributed by atoms with van der Waals surface area (Å²) in [5.41, 5.74) is 17.5. The van der Waals surface area contributed by atoms with E-state index >= 15 is 0 Å². The Bertz CT molecular complexity index is 2220. The monoisotopic (exact) mass is 654 g/mol. The molecule has 3 aromatic carbocycles. The van der Waals surface area contributed by atoms with Crippen LogP contribution in [0.15, 0.2) is 119 Å². The van der Waals surface area contributed by atoms with Gasteiger partial charge < -0.3 is 9.47 Å². The number of allylic oxidation sites excluding steroid dienone is 6. The van der Waals surface area contributed by atoms with Gasteiger partial charge in [-0.15, -0.1) is 0 Å². The van der Waals surface area contributed by atoms with Gasteiger partial charge in [-0.1, -0.05) is 146 Å². The van der Waals surface area contributed by atoms with Crippen LogP contribution in [0.3, 0.4) is 0 Å². The van der Waals surface area contributed by atoms with Gasteiger partial charge in [-0.3, -0.25) is 0 Å². The van der Waals surface area contributed by atoms with Crippen LogP contribution >= 0.6 is 0 Å². The quantitative estimate of drug-likeness (QED) is 0.200. The molecule has 2 atom stereocenters.